The highest BCUT2D eigenvalue weighted by molar-refractivity contribution is 8.77. The fourth-order valence-electron chi connectivity index (χ4n) is 12.7. The highest BCUT2D eigenvalue weighted by Crippen LogP contribution is 2.31. The van der Waals surface area contributed by atoms with Gasteiger partial charge in [-0.1, -0.05) is 146 Å². The van der Waals surface area contributed by atoms with Crippen molar-refractivity contribution in [1.29, 1.82) is 0 Å². The van der Waals surface area contributed by atoms with Crippen molar-refractivity contribution in [3.8, 4) is 17.2 Å². The average molecular weight is 1790 g/mol. The quantitative estimate of drug-likeness (QED) is 0.0297. The van der Waals surface area contributed by atoms with Gasteiger partial charge in [0.2, 0.25) is 29.5 Å². The summed E-state index contributed by atoms with van der Waals surface area (Å²) < 4.78 is 0. The van der Waals surface area contributed by atoms with Crippen molar-refractivity contribution in [2.75, 3.05) is 94.2 Å². The molecule has 121 heavy (non-hydrogen) atoms. The molecule has 0 aromatic heterocycles. The smallest absolute Gasteiger partial charge is 0.234 e. The first-order chi connectivity index (χ1) is 57.6. The van der Waals surface area contributed by atoms with Gasteiger partial charge in [-0.05, 0) is 176 Å². The van der Waals surface area contributed by atoms with Crippen LogP contribution in [0.5, 0.6) is 17.2 Å². The monoisotopic (exact) mass is 1790 g/mol. The standard InChI is InChI=1S/C33H43N3O6S2.C29H42N4O7S2.C24H35N3O5S2.CH4/c1-23(37)20-35-22-32-31(41)21-34-15-6-5-9-30(40)29(18-25-10-12-27(38)13-11-25)36-33(42)26(14-16-43-44-32)19-28(39)17-24-7-3-2-4-8-24;1-19(34)13-22-10-12-41-42-18-25(27(38)16-31-15-20(2)35)32-28(39)17-30-11-4-3-5-26(37)24(33-29(22)40)14-21-6-8-23(36)9-7-21;1-2-5-21(29)20-16-34-33-13-11-23(31)26-19(14-17-7-9-18(28)10-8-17)22(30)6-3-4-12-25-15-24(32)27-20;/h2-4,7-8,10-13,26,29,32,34-35,38H,5-6,9,14-22H2,1H3,(H,36,42);6-9,22,24-25,30-31,36H,3-5,10-18H2,1-2H3,(H,32,39)(H,33,40);7-10,19-20,25,28H,2-6,11-16H2,1H3,(H,26,31)(H,27,32);1H4/t26?,29-,32?;22?,24-,25?;19-,20?;/m000./s1. The van der Waals surface area contributed by atoms with E-state index in [-0.39, 0.29) is 208 Å². The second-order valence-corrected chi connectivity index (χ2v) is 37.8. The Kier molecular flexibility index (Phi) is 53.7. The molecule has 0 bridgehead atoms. The van der Waals surface area contributed by atoms with E-state index >= 15 is 0 Å². The molecule has 28 nitrogen and oxygen atoms in total. The Bertz CT molecular complexity index is 3930. The summed E-state index contributed by atoms with van der Waals surface area (Å²) in [5.74, 6) is -0.791. The molecule has 3 aliphatic heterocycles. The lowest BCUT2D eigenvalue weighted by molar-refractivity contribution is -0.132. The Hall–Kier alpha value is -7.77. The van der Waals surface area contributed by atoms with Crippen molar-refractivity contribution < 1.29 is 87.2 Å². The van der Waals surface area contributed by atoms with Gasteiger partial charge in [-0.3, -0.25) is 67.1 Å². The zero-order valence-corrected chi connectivity index (χ0v) is 74.0. The topological polar surface area (TPSA) is 437 Å². The zero-order chi connectivity index (χ0) is 87.4. The third-order valence-corrected chi connectivity index (χ3v) is 26.9. The predicted octanol–water partition coefficient (Wildman–Crippen LogP) is 7.85. The first-order valence-electron chi connectivity index (χ1n) is 41.0. The maximum absolute atomic E-state index is 13.7. The lowest BCUT2D eigenvalue weighted by Gasteiger charge is -2.22. The average Bonchev–Trinajstić information content (AvgIpc) is 1.24. The van der Waals surface area contributed by atoms with Crippen LogP contribution in [0.15, 0.2) is 103 Å². The SMILES string of the molecule is C.CC(=O)CNCC(=O)C1CSSCCC(CC(C)=O)C(=O)N[C@@H](Cc2ccc(O)cc2)C(=O)CCCCNCC(=O)N1.CC(=O)CNCC1SSCCC(CC(=O)Cc2ccccc2)C(=O)N[C@@H](Cc2ccc(O)cc2)C(=O)CCCCNCC1=O.CCCC(=O)C1CSSCCC(=O)N[C@@H](Cc2ccc(O)cc2)C(=O)CCCCNCC(=O)N1. The van der Waals surface area contributed by atoms with Crippen LogP contribution in [-0.2, 0) is 97.6 Å². The van der Waals surface area contributed by atoms with Crippen molar-refractivity contribution in [2.24, 2.45) is 11.8 Å². The summed E-state index contributed by atoms with van der Waals surface area (Å²) in [6.07, 6.45) is 8.00. The number of aromatic hydroxyl groups is 3. The molecule has 7 rings (SSSR count). The van der Waals surface area contributed by atoms with Crippen molar-refractivity contribution in [3.05, 3.63) is 125 Å². The highest BCUT2D eigenvalue weighted by Gasteiger charge is 2.32. The molecular formula is C87H124N10O18S6. The summed E-state index contributed by atoms with van der Waals surface area (Å²) in [6.45, 7) is 8.79. The number of rotatable bonds is 24. The molecule has 4 aromatic rings. The summed E-state index contributed by atoms with van der Waals surface area (Å²) >= 11 is 0. The van der Waals surface area contributed by atoms with Crippen molar-refractivity contribution in [1.82, 2.24) is 53.2 Å². The third-order valence-electron chi connectivity index (χ3n) is 19.2. The lowest BCUT2D eigenvalue weighted by Crippen LogP contribution is -2.48. The van der Waals surface area contributed by atoms with Gasteiger partial charge in [-0.25, -0.2) is 0 Å². The molecule has 0 saturated carbocycles. The predicted molar refractivity (Wildman–Crippen MR) is 484 cm³/mol. The fraction of sp³-hybridized carbons (Fsp3) is 0.552. The highest BCUT2D eigenvalue weighted by atomic mass is 33.1. The van der Waals surface area contributed by atoms with Gasteiger partial charge < -0.3 is 73.3 Å². The number of hydrogen-bond donors (Lipinski definition) is 13. The number of carbonyl (C=O) groups is 15. The van der Waals surface area contributed by atoms with Crippen molar-refractivity contribution >= 4 is 152 Å². The maximum atomic E-state index is 13.7. The summed E-state index contributed by atoms with van der Waals surface area (Å²) in [5, 5.41) is 57.8. The van der Waals surface area contributed by atoms with E-state index in [0.717, 1.165) is 28.7 Å². The molecular weight excluding hydrogens is 1670 g/mol. The molecule has 5 unspecified atom stereocenters. The Balaban J connectivity index is 0.000000383. The number of nitrogens with one attached hydrogen (secondary N) is 10. The number of Topliss-reactive ketones (excluding diaryl/α,β-unsaturated/α-hetero) is 10. The first kappa shape index (κ1) is 106. The number of benzene rings is 4. The molecule has 3 fully saturated rings. The van der Waals surface area contributed by atoms with Crippen LogP contribution in [0.2, 0.25) is 0 Å². The van der Waals surface area contributed by atoms with Gasteiger partial charge in [-0.2, -0.15) is 0 Å². The van der Waals surface area contributed by atoms with E-state index in [0.29, 0.717) is 126 Å². The van der Waals surface area contributed by atoms with Crippen LogP contribution in [0, 0.1) is 11.8 Å². The maximum Gasteiger partial charge on any atom is 0.234 e. The lowest BCUT2D eigenvalue weighted by atomic mass is 9.93. The molecule has 13 N–H and O–H groups in total. The van der Waals surface area contributed by atoms with Gasteiger partial charge in [0, 0.05) is 98.5 Å². The van der Waals surface area contributed by atoms with E-state index in [1.165, 1.54) is 97.7 Å². The summed E-state index contributed by atoms with van der Waals surface area (Å²) in [4.78, 5) is 189. The van der Waals surface area contributed by atoms with Gasteiger partial charge in [0.25, 0.3) is 0 Å². The minimum Gasteiger partial charge on any atom is -0.508 e. The minimum atomic E-state index is -0.775. The van der Waals surface area contributed by atoms with Gasteiger partial charge in [0.05, 0.1) is 74.7 Å². The van der Waals surface area contributed by atoms with Crippen LogP contribution in [-0.4, -0.2) is 232 Å². The molecule has 3 aliphatic rings. The summed E-state index contributed by atoms with van der Waals surface area (Å²) in [6, 6.07) is 25.6. The zero-order valence-electron chi connectivity index (χ0n) is 69.1. The van der Waals surface area contributed by atoms with E-state index in [9.17, 15) is 87.2 Å². The second-order valence-electron chi connectivity index (χ2n) is 29.8. The summed E-state index contributed by atoms with van der Waals surface area (Å²) in [5.41, 5.74) is 3.33. The van der Waals surface area contributed by atoms with E-state index in [2.05, 4.69) is 53.2 Å². The molecule has 4 aromatic carbocycles. The molecule has 666 valence electrons. The number of phenols is 3. The number of amides is 5. The Morgan fingerprint density at radius 1 is 0.421 bits per heavy atom. The van der Waals surface area contributed by atoms with E-state index in [1.54, 1.807) is 60.7 Å². The fourth-order valence-corrected chi connectivity index (χ4v) is 19.8. The largest absolute Gasteiger partial charge is 0.508 e. The molecule has 8 atom stereocenters. The van der Waals surface area contributed by atoms with E-state index < -0.39 is 42.0 Å². The van der Waals surface area contributed by atoms with Crippen LogP contribution >= 0.6 is 64.8 Å². The number of hydrogen-bond acceptors (Lipinski definition) is 29. The first-order valence-corrected chi connectivity index (χ1v) is 48.3. The van der Waals surface area contributed by atoms with Crippen LogP contribution in [0.25, 0.3) is 0 Å². The van der Waals surface area contributed by atoms with Crippen molar-refractivity contribution in [2.45, 2.75) is 199 Å². The van der Waals surface area contributed by atoms with Crippen LogP contribution in [0.3, 0.4) is 0 Å². The number of phenolic OH excluding ortho intramolecular Hbond substituents is 3. The van der Waals surface area contributed by atoms with Gasteiger partial charge in [0.1, 0.15) is 40.4 Å². The van der Waals surface area contributed by atoms with Gasteiger partial charge >= 0.3 is 0 Å². The molecule has 0 radical (unpaired) electrons. The van der Waals surface area contributed by atoms with Crippen LogP contribution < -0.4 is 53.2 Å². The van der Waals surface area contributed by atoms with Crippen LogP contribution in [0.4, 0.5) is 0 Å². The molecule has 0 spiro atoms. The third kappa shape index (κ3) is 46.5. The van der Waals surface area contributed by atoms with Gasteiger partial charge in [0.15, 0.2) is 34.7 Å². The summed E-state index contributed by atoms with van der Waals surface area (Å²) in [7, 11) is 8.62. The van der Waals surface area contributed by atoms with Crippen LogP contribution in [0.1, 0.15) is 160 Å². The Morgan fingerprint density at radius 3 is 1.31 bits per heavy atom. The minimum absolute atomic E-state index is 0. The molecule has 5 amide bonds. The number of ketones is 10. The van der Waals surface area contributed by atoms with E-state index in [1.807, 2.05) is 37.3 Å². The Morgan fingerprint density at radius 2 is 0.851 bits per heavy atom. The molecule has 0 aliphatic carbocycles. The second kappa shape index (κ2) is 61.5. The van der Waals surface area contributed by atoms with Gasteiger partial charge in [-0.15, -0.1) is 0 Å². The van der Waals surface area contributed by atoms with E-state index in [4.69, 9.17) is 0 Å². The normalized spacial score (nSPS) is 21.7. The Labute approximate surface area is 735 Å². The molecule has 3 saturated heterocycles. The molecule has 3 heterocycles. The number of carbonyl (C=O) groups excluding carboxylic acids is 15. The van der Waals surface area contributed by atoms with Crippen molar-refractivity contribution in [3.63, 3.8) is 0 Å². The molecule has 34 heteroatoms.